The van der Waals surface area contributed by atoms with Gasteiger partial charge < -0.3 is 15.7 Å². The minimum absolute atomic E-state index is 0.200. The van der Waals surface area contributed by atoms with Gasteiger partial charge in [-0.2, -0.15) is 5.10 Å². The number of aliphatic hydroxyl groups is 1. The number of anilines is 3. The van der Waals surface area contributed by atoms with Crippen molar-refractivity contribution >= 4 is 23.0 Å². The summed E-state index contributed by atoms with van der Waals surface area (Å²) in [6.07, 6.45) is 3.35. The molecule has 1 fully saturated rings. The van der Waals surface area contributed by atoms with Crippen LogP contribution in [0.1, 0.15) is 36.1 Å². The van der Waals surface area contributed by atoms with E-state index in [1.165, 1.54) is 18.2 Å². The molecule has 1 aliphatic rings. The summed E-state index contributed by atoms with van der Waals surface area (Å²) in [6.45, 7) is -0.267. The molecule has 1 aliphatic carbocycles. The average molecular weight is 398 g/mol. The van der Waals surface area contributed by atoms with Gasteiger partial charge in [-0.25, -0.2) is 9.37 Å². The van der Waals surface area contributed by atoms with Crippen LogP contribution >= 0.6 is 0 Å². The molecule has 0 spiro atoms. The molecule has 10 heteroatoms. The first-order chi connectivity index (χ1) is 14.0. The second kappa shape index (κ2) is 7.84. The van der Waals surface area contributed by atoms with Gasteiger partial charge in [0, 0.05) is 23.7 Å². The fourth-order valence-corrected chi connectivity index (χ4v) is 3.02. The first-order valence-electron chi connectivity index (χ1n) is 9.13. The Bertz CT molecular complexity index is 1020. The van der Waals surface area contributed by atoms with E-state index < -0.39 is 11.0 Å². The summed E-state index contributed by atoms with van der Waals surface area (Å²) in [4.78, 5) is 14.9. The van der Waals surface area contributed by atoms with Crippen molar-refractivity contribution in [2.75, 3.05) is 17.2 Å². The third-order valence-electron chi connectivity index (χ3n) is 4.73. The molecular formula is C19H19FN6O3. The molecule has 4 rings (SSSR count). The van der Waals surface area contributed by atoms with Crippen LogP contribution in [0.3, 0.4) is 0 Å². The van der Waals surface area contributed by atoms with Crippen LogP contribution in [0.4, 0.5) is 27.4 Å². The SMILES string of the molecule is O=[N+]([O-])c1cnc(NC(CO)c2ccc(F)cc2)cc1Nc1cc(C2CC2)[nH]n1. The molecule has 1 unspecified atom stereocenters. The first kappa shape index (κ1) is 18.8. The molecule has 0 amide bonds. The molecule has 1 atom stereocenters. The smallest absolute Gasteiger partial charge is 0.310 e. The average Bonchev–Trinajstić information content (AvgIpc) is 3.46. The maximum Gasteiger partial charge on any atom is 0.310 e. The number of hydrogen-bond donors (Lipinski definition) is 4. The topological polar surface area (TPSA) is 129 Å². The van der Waals surface area contributed by atoms with Gasteiger partial charge in [0.1, 0.15) is 23.5 Å². The number of hydrogen-bond acceptors (Lipinski definition) is 7. The van der Waals surface area contributed by atoms with Crippen molar-refractivity contribution in [3.63, 3.8) is 0 Å². The number of aliphatic hydroxyl groups excluding tert-OH is 1. The van der Waals surface area contributed by atoms with E-state index in [0.29, 0.717) is 23.1 Å². The third-order valence-corrected chi connectivity index (χ3v) is 4.73. The maximum atomic E-state index is 13.1. The molecule has 0 saturated heterocycles. The molecule has 4 N–H and O–H groups in total. The number of nitro groups is 1. The van der Waals surface area contributed by atoms with Crippen LogP contribution < -0.4 is 10.6 Å². The van der Waals surface area contributed by atoms with Gasteiger partial charge in [0.2, 0.25) is 0 Å². The molecule has 3 aromatic rings. The standard InChI is InChI=1S/C19H19FN6O3/c20-13-5-3-12(4-6-13)16(10-27)23-18-8-15(17(9-21-18)26(28)29)22-19-7-14(24-25-19)11-1-2-11/h3-9,11,16,27H,1-2,10H2,(H3,21,22,23,24,25). The van der Waals surface area contributed by atoms with Crippen LogP contribution in [0.25, 0.3) is 0 Å². The van der Waals surface area contributed by atoms with E-state index >= 15 is 0 Å². The zero-order valence-corrected chi connectivity index (χ0v) is 15.3. The van der Waals surface area contributed by atoms with Gasteiger partial charge in [0.05, 0.1) is 17.6 Å². The summed E-state index contributed by atoms with van der Waals surface area (Å²) in [7, 11) is 0. The molecule has 9 nitrogen and oxygen atoms in total. The Kier molecular flexibility index (Phi) is 5.09. The predicted octanol–water partition coefficient (Wildman–Crippen LogP) is 3.62. The van der Waals surface area contributed by atoms with Crippen LogP contribution in [0.2, 0.25) is 0 Å². The highest BCUT2D eigenvalue weighted by atomic mass is 19.1. The molecule has 2 aromatic heterocycles. The number of aromatic amines is 1. The van der Waals surface area contributed by atoms with Crippen molar-refractivity contribution < 1.29 is 14.4 Å². The summed E-state index contributed by atoms with van der Waals surface area (Å²) in [5, 5.41) is 34.2. The number of H-pyrrole nitrogens is 1. The monoisotopic (exact) mass is 398 g/mol. The molecule has 150 valence electrons. The number of benzene rings is 1. The van der Waals surface area contributed by atoms with Crippen molar-refractivity contribution in [2.24, 2.45) is 0 Å². The Morgan fingerprint density at radius 3 is 2.69 bits per heavy atom. The van der Waals surface area contributed by atoms with Gasteiger partial charge in [0.15, 0.2) is 5.82 Å². The van der Waals surface area contributed by atoms with E-state index in [0.717, 1.165) is 24.7 Å². The molecule has 0 bridgehead atoms. The molecule has 2 heterocycles. The van der Waals surface area contributed by atoms with Crippen molar-refractivity contribution in [1.29, 1.82) is 0 Å². The van der Waals surface area contributed by atoms with Crippen LogP contribution in [-0.4, -0.2) is 31.8 Å². The minimum Gasteiger partial charge on any atom is -0.394 e. The lowest BCUT2D eigenvalue weighted by molar-refractivity contribution is -0.384. The predicted molar refractivity (Wildman–Crippen MR) is 105 cm³/mol. The first-order valence-corrected chi connectivity index (χ1v) is 9.13. The second-order valence-corrected chi connectivity index (χ2v) is 6.88. The highest BCUT2D eigenvalue weighted by Gasteiger charge is 2.26. The Hall–Kier alpha value is -3.53. The molecule has 0 radical (unpaired) electrons. The van der Waals surface area contributed by atoms with E-state index in [1.54, 1.807) is 12.1 Å². The van der Waals surface area contributed by atoms with E-state index in [9.17, 15) is 19.6 Å². The number of aromatic nitrogens is 3. The summed E-state index contributed by atoms with van der Waals surface area (Å²) >= 11 is 0. The Morgan fingerprint density at radius 1 is 1.28 bits per heavy atom. The van der Waals surface area contributed by atoms with E-state index in [4.69, 9.17) is 0 Å². The van der Waals surface area contributed by atoms with E-state index in [-0.39, 0.29) is 23.8 Å². The maximum absolute atomic E-state index is 13.1. The fourth-order valence-electron chi connectivity index (χ4n) is 3.02. The van der Waals surface area contributed by atoms with Crippen molar-refractivity contribution in [1.82, 2.24) is 15.2 Å². The van der Waals surface area contributed by atoms with Crippen LogP contribution in [0, 0.1) is 15.9 Å². The highest BCUT2D eigenvalue weighted by Crippen LogP contribution is 2.40. The van der Waals surface area contributed by atoms with Crippen LogP contribution in [-0.2, 0) is 0 Å². The lowest BCUT2D eigenvalue weighted by Gasteiger charge is -2.18. The lowest BCUT2D eigenvalue weighted by atomic mass is 10.1. The molecule has 1 saturated carbocycles. The molecule has 1 aromatic carbocycles. The zero-order valence-electron chi connectivity index (χ0n) is 15.3. The van der Waals surface area contributed by atoms with E-state index in [2.05, 4.69) is 25.8 Å². The third kappa shape index (κ3) is 4.32. The quantitative estimate of drug-likeness (QED) is 0.337. The highest BCUT2D eigenvalue weighted by molar-refractivity contribution is 5.70. The summed E-state index contributed by atoms with van der Waals surface area (Å²) < 4.78 is 13.1. The molecular weight excluding hydrogens is 379 g/mol. The van der Waals surface area contributed by atoms with Gasteiger partial charge in [-0.15, -0.1) is 0 Å². The zero-order chi connectivity index (χ0) is 20.4. The van der Waals surface area contributed by atoms with Gasteiger partial charge in [-0.3, -0.25) is 15.2 Å². The number of halogens is 1. The Balaban J connectivity index is 1.57. The number of nitrogens with one attached hydrogen (secondary N) is 3. The summed E-state index contributed by atoms with van der Waals surface area (Å²) in [5.74, 6) is 0.891. The Morgan fingerprint density at radius 2 is 2.03 bits per heavy atom. The summed E-state index contributed by atoms with van der Waals surface area (Å²) in [6, 6.07) is 8.47. The molecule has 29 heavy (non-hydrogen) atoms. The summed E-state index contributed by atoms with van der Waals surface area (Å²) in [5.41, 5.74) is 1.68. The fraction of sp³-hybridized carbons (Fsp3) is 0.263. The van der Waals surface area contributed by atoms with Crippen LogP contribution in [0.5, 0.6) is 0 Å². The van der Waals surface area contributed by atoms with Crippen LogP contribution in [0.15, 0.2) is 42.6 Å². The van der Waals surface area contributed by atoms with Crippen molar-refractivity contribution in [2.45, 2.75) is 24.8 Å². The van der Waals surface area contributed by atoms with Crippen molar-refractivity contribution in [3.8, 4) is 0 Å². The largest absolute Gasteiger partial charge is 0.394 e. The normalized spacial score (nSPS) is 14.4. The number of pyridine rings is 1. The molecule has 0 aliphatic heterocycles. The van der Waals surface area contributed by atoms with Crippen molar-refractivity contribution in [3.05, 3.63) is 69.8 Å². The van der Waals surface area contributed by atoms with Gasteiger partial charge >= 0.3 is 5.69 Å². The number of nitrogens with zero attached hydrogens (tertiary/aromatic N) is 3. The van der Waals surface area contributed by atoms with Gasteiger partial charge in [0.25, 0.3) is 0 Å². The number of rotatable bonds is 8. The second-order valence-electron chi connectivity index (χ2n) is 6.88. The minimum atomic E-state index is -0.552. The van der Waals surface area contributed by atoms with E-state index in [1.807, 2.05) is 6.07 Å². The lowest BCUT2D eigenvalue weighted by Crippen LogP contribution is -2.16. The van der Waals surface area contributed by atoms with Gasteiger partial charge in [-0.1, -0.05) is 12.1 Å². The Labute approximate surface area is 165 Å². The van der Waals surface area contributed by atoms with Gasteiger partial charge in [-0.05, 0) is 30.5 Å².